The molecular formula is C22H25N3O2S. The number of fused-ring (bicyclic) bond motifs is 1. The maximum absolute atomic E-state index is 12.7. The van der Waals surface area contributed by atoms with E-state index in [1.807, 2.05) is 36.4 Å². The Kier molecular flexibility index (Phi) is 6.31. The van der Waals surface area contributed by atoms with E-state index in [1.165, 1.54) is 4.70 Å². The maximum Gasteiger partial charge on any atom is 0.220 e. The number of morpholine rings is 1. The number of nitrogens with one attached hydrogen (secondary N) is 1. The molecule has 2 heterocycles. The summed E-state index contributed by atoms with van der Waals surface area (Å²) >= 11 is 1.67. The molecule has 1 unspecified atom stereocenters. The summed E-state index contributed by atoms with van der Waals surface area (Å²) in [5.41, 5.74) is 2.15. The van der Waals surface area contributed by atoms with Gasteiger partial charge in [0.2, 0.25) is 5.91 Å². The molecule has 5 nitrogen and oxygen atoms in total. The average Bonchev–Trinajstić information content (AvgIpc) is 3.16. The van der Waals surface area contributed by atoms with Gasteiger partial charge in [0.25, 0.3) is 0 Å². The fraction of sp³-hybridized carbons (Fsp3) is 0.364. The lowest BCUT2D eigenvalue weighted by Gasteiger charge is -2.31. The Morgan fingerprint density at radius 2 is 1.86 bits per heavy atom. The Hall–Kier alpha value is -2.28. The minimum atomic E-state index is -0.0119. The monoisotopic (exact) mass is 395 g/mol. The number of hydrogen-bond acceptors (Lipinski definition) is 5. The van der Waals surface area contributed by atoms with Gasteiger partial charge in [0, 0.05) is 32.5 Å². The van der Waals surface area contributed by atoms with Crippen molar-refractivity contribution in [3.8, 4) is 0 Å². The fourth-order valence-corrected chi connectivity index (χ4v) is 4.44. The second kappa shape index (κ2) is 9.28. The molecule has 0 bridgehead atoms. The molecule has 146 valence electrons. The molecule has 1 saturated heterocycles. The molecule has 0 aliphatic carbocycles. The van der Waals surface area contributed by atoms with Crippen molar-refractivity contribution in [2.24, 2.45) is 0 Å². The lowest BCUT2D eigenvalue weighted by Crippen LogP contribution is -2.43. The predicted molar refractivity (Wildman–Crippen MR) is 113 cm³/mol. The van der Waals surface area contributed by atoms with E-state index >= 15 is 0 Å². The van der Waals surface area contributed by atoms with Gasteiger partial charge in [-0.25, -0.2) is 4.98 Å². The first-order chi connectivity index (χ1) is 13.8. The van der Waals surface area contributed by atoms with Crippen LogP contribution in [0.4, 0.5) is 0 Å². The highest BCUT2D eigenvalue weighted by Crippen LogP contribution is 2.22. The Labute approximate surface area is 169 Å². The highest BCUT2D eigenvalue weighted by Gasteiger charge is 2.20. The third-order valence-corrected chi connectivity index (χ3v) is 6.08. The third-order valence-electron chi connectivity index (χ3n) is 4.99. The van der Waals surface area contributed by atoms with Gasteiger partial charge >= 0.3 is 0 Å². The van der Waals surface area contributed by atoms with Crippen LogP contribution in [0.1, 0.15) is 23.0 Å². The van der Waals surface area contributed by atoms with Crippen molar-refractivity contribution in [3.63, 3.8) is 0 Å². The second-order valence-corrected chi connectivity index (χ2v) is 8.13. The summed E-state index contributed by atoms with van der Waals surface area (Å²) in [5.74, 6) is 0.0707. The van der Waals surface area contributed by atoms with Gasteiger partial charge in [-0.05, 0) is 17.7 Å². The van der Waals surface area contributed by atoms with Crippen LogP contribution in [0.5, 0.6) is 0 Å². The van der Waals surface area contributed by atoms with Crippen molar-refractivity contribution in [2.45, 2.75) is 18.9 Å². The van der Waals surface area contributed by atoms with Gasteiger partial charge in [-0.1, -0.05) is 42.5 Å². The normalized spacial score (nSPS) is 16.1. The van der Waals surface area contributed by atoms with Gasteiger partial charge in [0.15, 0.2) is 0 Å². The summed E-state index contributed by atoms with van der Waals surface area (Å²) in [6.45, 7) is 4.14. The molecule has 28 heavy (non-hydrogen) atoms. The number of rotatable bonds is 7. The molecule has 2 aromatic carbocycles. The topological polar surface area (TPSA) is 54.5 Å². The number of carbonyl (C=O) groups excluding carboxylic acids is 1. The second-order valence-electron chi connectivity index (χ2n) is 7.02. The summed E-state index contributed by atoms with van der Waals surface area (Å²) in [6.07, 6.45) is 1.12. The molecule has 1 amide bonds. The van der Waals surface area contributed by atoms with E-state index in [0.29, 0.717) is 12.8 Å². The van der Waals surface area contributed by atoms with E-state index in [1.54, 1.807) is 11.3 Å². The highest BCUT2D eigenvalue weighted by molar-refractivity contribution is 7.18. The lowest BCUT2D eigenvalue weighted by atomic mass is 10.1. The Balaban J connectivity index is 1.38. The first-order valence-corrected chi connectivity index (χ1v) is 10.6. The van der Waals surface area contributed by atoms with Crippen molar-refractivity contribution in [2.75, 3.05) is 32.8 Å². The smallest absolute Gasteiger partial charge is 0.220 e. The predicted octanol–water partition coefficient (Wildman–Crippen LogP) is 3.42. The van der Waals surface area contributed by atoms with Gasteiger partial charge in [0.05, 0.1) is 34.5 Å². The molecule has 1 aliphatic heterocycles. The summed E-state index contributed by atoms with van der Waals surface area (Å²) in [5, 5.41) is 4.25. The molecule has 3 aromatic rings. The zero-order valence-corrected chi connectivity index (χ0v) is 16.7. The molecular weight excluding hydrogens is 370 g/mol. The number of benzene rings is 2. The third kappa shape index (κ3) is 4.95. The molecule has 6 heteroatoms. The van der Waals surface area contributed by atoms with Crippen LogP contribution in [0, 0.1) is 0 Å². The summed E-state index contributed by atoms with van der Waals surface area (Å²) in [6, 6.07) is 18.3. The molecule has 0 spiro atoms. The van der Waals surface area contributed by atoms with Gasteiger partial charge in [-0.15, -0.1) is 11.3 Å². The minimum absolute atomic E-state index is 0.0119. The number of ether oxygens (including phenoxy) is 1. The van der Waals surface area contributed by atoms with Crippen LogP contribution >= 0.6 is 11.3 Å². The molecule has 1 atom stereocenters. The van der Waals surface area contributed by atoms with Crippen LogP contribution in [0.25, 0.3) is 10.2 Å². The first-order valence-electron chi connectivity index (χ1n) is 9.77. The van der Waals surface area contributed by atoms with Crippen molar-refractivity contribution in [1.29, 1.82) is 0 Å². The van der Waals surface area contributed by atoms with Crippen LogP contribution in [0.15, 0.2) is 54.6 Å². The van der Waals surface area contributed by atoms with Crippen LogP contribution in [-0.4, -0.2) is 48.6 Å². The van der Waals surface area contributed by atoms with Gasteiger partial charge in [-0.2, -0.15) is 0 Å². The van der Waals surface area contributed by atoms with Crippen LogP contribution < -0.4 is 5.32 Å². The Bertz CT molecular complexity index is 873. The number of hydrogen-bond donors (Lipinski definition) is 1. The summed E-state index contributed by atoms with van der Waals surface area (Å²) in [7, 11) is 0. The first kappa shape index (κ1) is 19.1. The number of nitrogens with zero attached hydrogens (tertiary/aromatic N) is 2. The fourth-order valence-electron chi connectivity index (χ4n) is 3.48. The Morgan fingerprint density at radius 3 is 2.64 bits per heavy atom. The molecule has 1 N–H and O–H groups in total. The Morgan fingerprint density at radius 1 is 1.11 bits per heavy atom. The molecule has 1 aromatic heterocycles. The van der Waals surface area contributed by atoms with Gasteiger partial charge in [0.1, 0.15) is 0 Å². The van der Waals surface area contributed by atoms with Gasteiger partial charge in [-0.3, -0.25) is 9.69 Å². The van der Waals surface area contributed by atoms with E-state index in [4.69, 9.17) is 4.74 Å². The van der Waals surface area contributed by atoms with Crippen molar-refractivity contribution < 1.29 is 9.53 Å². The quantitative estimate of drug-likeness (QED) is 0.666. The number of aryl methyl sites for hydroxylation is 1. The van der Waals surface area contributed by atoms with E-state index in [-0.39, 0.29) is 11.9 Å². The number of aromatic nitrogens is 1. The SMILES string of the molecule is O=C(CCc1nc2ccccc2s1)NC(CN1CCOCC1)c1ccccc1. The van der Waals surface area contributed by atoms with Crippen molar-refractivity contribution >= 4 is 27.5 Å². The van der Waals surface area contributed by atoms with Crippen LogP contribution in [-0.2, 0) is 16.0 Å². The number of thiazole rings is 1. The van der Waals surface area contributed by atoms with Crippen molar-refractivity contribution in [3.05, 3.63) is 65.2 Å². The lowest BCUT2D eigenvalue weighted by molar-refractivity contribution is -0.122. The summed E-state index contributed by atoms with van der Waals surface area (Å²) < 4.78 is 6.62. The highest BCUT2D eigenvalue weighted by atomic mass is 32.1. The van der Waals surface area contributed by atoms with E-state index in [2.05, 4.69) is 33.4 Å². The molecule has 1 fully saturated rings. The zero-order valence-electron chi connectivity index (χ0n) is 15.8. The van der Waals surface area contributed by atoms with E-state index < -0.39 is 0 Å². The molecule has 0 saturated carbocycles. The maximum atomic E-state index is 12.7. The number of para-hydroxylation sites is 1. The zero-order chi connectivity index (χ0) is 19.2. The number of amides is 1. The van der Waals surface area contributed by atoms with Crippen LogP contribution in [0.3, 0.4) is 0 Å². The standard InChI is InChI=1S/C22H25N3O2S/c26-21(10-11-22-24-18-8-4-5-9-20(18)28-22)23-19(17-6-2-1-3-7-17)16-25-12-14-27-15-13-25/h1-9,19H,10-16H2,(H,23,26). The van der Waals surface area contributed by atoms with Gasteiger partial charge < -0.3 is 10.1 Å². The van der Waals surface area contributed by atoms with Crippen LogP contribution in [0.2, 0.25) is 0 Å². The number of carbonyl (C=O) groups is 1. The average molecular weight is 396 g/mol. The van der Waals surface area contributed by atoms with E-state index in [9.17, 15) is 4.79 Å². The minimum Gasteiger partial charge on any atom is -0.379 e. The summed E-state index contributed by atoms with van der Waals surface area (Å²) in [4.78, 5) is 19.7. The molecule has 4 rings (SSSR count). The van der Waals surface area contributed by atoms with E-state index in [0.717, 1.165) is 48.9 Å². The molecule has 0 radical (unpaired) electrons. The van der Waals surface area contributed by atoms with Crippen molar-refractivity contribution in [1.82, 2.24) is 15.2 Å². The largest absolute Gasteiger partial charge is 0.379 e. The molecule has 1 aliphatic rings.